The van der Waals surface area contributed by atoms with Crippen molar-refractivity contribution in [1.82, 2.24) is 10.6 Å². The number of ether oxygens (including phenoxy) is 1. The van der Waals surface area contributed by atoms with Crippen LogP contribution in [-0.2, 0) is 10.0 Å². The highest BCUT2D eigenvalue weighted by atomic mass is 35.5. The minimum Gasteiger partial charge on any atom is -0.455 e. The van der Waals surface area contributed by atoms with Crippen molar-refractivity contribution in [3.8, 4) is 11.5 Å². The molecular weight excluding hydrogens is 510 g/mol. The maximum absolute atomic E-state index is 13.0. The molecule has 9 heteroatoms. The van der Waals surface area contributed by atoms with Gasteiger partial charge in [0.2, 0.25) is 0 Å². The lowest BCUT2D eigenvalue weighted by Gasteiger charge is -2.22. The van der Waals surface area contributed by atoms with Crippen LogP contribution in [0.3, 0.4) is 0 Å². The smallest absolute Gasteiger partial charge is 0.262 e. The summed E-state index contributed by atoms with van der Waals surface area (Å²) in [6.07, 6.45) is 5.72. The number of piperidine rings is 1. The van der Waals surface area contributed by atoms with Gasteiger partial charge in [-0.2, -0.15) is 0 Å². The molecule has 3 aromatic rings. The first-order valence-corrected chi connectivity index (χ1v) is 13.9. The van der Waals surface area contributed by atoms with Gasteiger partial charge >= 0.3 is 0 Å². The fraction of sp³-hybridized carbons (Fsp3) is 0.321. The minimum absolute atomic E-state index is 0. The Kier molecular flexibility index (Phi) is 10.8. The average molecular weight is 544 g/mol. The molecule has 1 aliphatic rings. The third-order valence-corrected chi connectivity index (χ3v) is 7.69. The summed E-state index contributed by atoms with van der Waals surface area (Å²) in [4.78, 5) is 12.5. The summed E-state index contributed by atoms with van der Waals surface area (Å²) < 4.78 is 34.4. The summed E-state index contributed by atoms with van der Waals surface area (Å²) in [7, 11) is -3.87. The molecule has 198 valence electrons. The maximum atomic E-state index is 13.0. The van der Waals surface area contributed by atoms with Crippen molar-refractivity contribution in [3.05, 3.63) is 84.4 Å². The number of unbranched alkanes of at least 4 members (excludes halogenated alkanes) is 1. The molecule has 1 aliphatic heterocycles. The van der Waals surface area contributed by atoms with Gasteiger partial charge in [0.05, 0.1) is 10.6 Å². The second-order valence-electron chi connectivity index (χ2n) is 8.99. The van der Waals surface area contributed by atoms with Gasteiger partial charge in [-0.05, 0) is 86.8 Å². The first-order valence-electron chi connectivity index (χ1n) is 12.4. The zero-order chi connectivity index (χ0) is 25.2. The number of hydrogen-bond donors (Lipinski definition) is 3. The lowest BCUT2D eigenvalue weighted by Crippen LogP contribution is -2.28. The lowest BCUT2D eigenvalue weighted by atomic mass is 9.92. The fourth-order valence-corrected chi connectivity index (χ4v) is 5.35. The van der Waals surface area contributed by atoms with E-state index in [-0.39, 0.29) is 23.2 Å². The number of anilines is 1. The molecule has 1 saturated heterocycles. The molecular formula is C28H34ClN3O4S. The Morgan fingerprint density at radius 2 is 1.57 bits per heavy atom. The molecule has 0 saturated carbocycles. The van der Waals surface area contributed by atoms with E-state index in [0.717, 1.165) is 31.8 Å². The fourth-order valence-electron chi connectivity index (χ4n) is 4.28. The molecule has 4 rings (SSSR count). The average Bonchev–Trinajstić information content (AvgIpc) is 2.91. The quantitative estimate of drug-likeness (QED) is 0.273. The summed E-state index contributed by atoms with van der Waals surface area (Å²) in [5.74, 6) is 1.59. The number of benzene rings is 3. The van der Waals surface area contributed by atoms with Crippen molar-refractivity contribution in [3.63, 3.8) is 0 Å². The Balaban J connectivity index is 0.00000380. The third-order valence-electron chi connectivity index (χ3n) is 6.31. The van der Waals surface area contributed by atoms with Gasteiger partial charge < -0.3 is 15.4 Å². The molecule has 37 heavy (non-hydrogen) atoms. The van der Waals surface area contributed by atoms with Gasteiger partial charge in [0, 0.05) is 12.1 Å². The molecule has 0 spiro atoms. The standard InChI is InChI=1S/C28H33N3O4S.ClH/c32-28(30-19-7-6-8-22-17-20-29-21-18-22)23-13-15-25(16-14-23)36(33,34)31-26-11-4-5-12-27(26)35-24-9-2-1-3-10-24;/h1-5,9-16,22,29,31H,6-8,17-21H2,(H,30,32);1H. The summed E-state index contributed by atoms with van der Waals surface area (Å²) in [6.45, 7) is 2.83. The first-order chi connectivity index (χ1) is 17.5. The summed E-state index contributed by atoms with van der Waals surface area (Å²) in [5.41, 5.74) is 0.757. The van der Waals surface area contributed by atoms with Crippen molar-refractivity contribution in [2.24, 2.45) is 5.92 Å². The van der Waals surface area contributed by atoms with E-state index in [0.29, 0.717) is 29.3 Å². The van der Waals surface area contributed by atoms with Gasteiger partial charge in [-0.15, -0.1) is 12.4 Å². The number of halogens is 1. The second kappa shape index (κ2) is 14.0. The highest BCUT2D eigenvalue weighted by Crippen LogP contribution is 2.31. The molecule has 0 atom stereocenters. The van der Waals surface area contributed by atoms with E-state index < -0.39 is 10.0 Å². The largest absolute Gasteiger partial charge is 0.455 e. The van der Waals surface area contributed by atoms with Gasteiger partial charge in [-0.3, -0.25) is 9.52 Å². The Morgan fingerprint density at radius 1 is 0.892 bits per heavy atom. The Hall–Kier alpha value is -3.07. The van der Waals surface area contributed by atoms with Crippen LogP contribution in [0.4, 0.5) is 5.69 Å². The Labute approximate surface area is 225 Å². The lowest BCUT2D eigenvalue weighted by molar-refractivity contribution is 0.0952. The van der Waals surface area contributed by atoms with E-state index in [1.54, 1.807) is 36.4 Å². The van der Waals surface area contributed by atoms with E-state index in [1.165, 1.54) is 43.5 Å². The predicted molar refractivity (Wildman–Crippen MR) is 149 cm³/mol. The van der Waals surface area contributed by atoms with Gasteiger partial charge in [0.25, 0.3) is 15.9 Å². The van der Waals surface area contributed by atoms with Crippen LogP contribution in [-0.4, -0.2) is 34.0 Å². The van der Waals surface area contributed by atoms with E-state index in [4.69, 9.17) is 4.74 Å². The van der Waals surface area contributed by atoms with Crippen LogP contribution in [0.2, 0.25) is 0 Å². The third kappa shape index (κ3) is 8.49. The molecule has 0 aliphatic carbocycles. The van der Waals surface area contributed by atoms with Crippen LogP contribution in [0, 0.1) is 5.92 Å². The van der Waals surface area contributed by atoms with Crippen molar-refractivity contribution in [2.45, 2.75) is 37.0 Å². The molecule has 0 aromatic heterocycles. The number of rotatable bonds is 11. The monoisotopic (exact) mass is 543 g/mol. The number of nitrogens with one attached hydrogen (secondary N) is 3. The summed E-state index contributed by atoms with van der Waals surface area (Å²) >= 11 is 0. The van der Waals surface area contributed by atoms with E-state index in [2.05, 4.69) is 15.4 Å². The number of para-hydroxylation sites is 3. The van der Waals surface area contributed by atoms with Crippen LogP contribution < -0.4 is 20.1 Å². The maximum Gasteiger partial charge on any atom is 0.262 e. The predicted octanol–water partition coefficient (Wildman–Crippen LogP) is 5.60. The topological polar surface area (TPSA) is 96.5 Å². The minimum atomic E-state index is -3.87. The van der Waals surface area contributed by atoms with Crippen LogP contribution in [0.1, 0.15) is 42.5 Å². The molecule has 1 heterocycles. The van der Waals surface area contributed by atoms with Crippen LogP contribution in [0.25, 0.3) is 0 Å². The SMILES string of the molecule is Cl.O=C(NCCCCC1CCNCC1)c1ccc(S(=O)(=O)Nc2ccccc2Oc2ccccc2)cc1. The number of hydrogen-bond acceptors (Lipinski definition) is 5. The molecule has 3 N–H and O–H groups in total. The second-order valence-corrected chi connectivity index (χ2v) is 10.7. The number of sulfonamides is 1. The van der Waals surface area contributed by atoms with Gasteiger partial charge in [0.15, 0.2) is 5.75 Å². The highest BCUT2D eigenvalue weighted by molar-refractivity contribution is 7.92. The normalized spacial score (nSPS) is 13.8. The molecule has 0 radical (unpaired) electrons. The zero-order valence-electron chi connectivity index (χ0n) is 20.7. The molecule has 0 unspecified atom stereocenters. The van der Waals surface area contributed by atoms with Crippen LogP contribution in [0.15, 0.2) is 83.8 Å². The van der Waals surface area contributed by atoms with E-state index >= 15 is 0 Å². The van der Waals surface area contributed by atoms with Crippen molar-refractivity contribution < 1.29 is 17.9 Å². The summed E-state index contributed by atoms with van der Waals surface area (Å²) in [5, 5.41) is 6.31. The van der Waals surface area contributed by atoms with Crippen LogP contribution >= 0.6 is 12.4 Å². The summed E-state index contributed by atoms with van der Waals surface area (Å²) in [6, 6.07) is 21.9. The van der Waals surface area contributed by atoms with E-state index in [1.807, 2.05) is 18.2 Å². The molecule has 1 fully saturated rings. The van der Waals surface area contributed by atoms with Crippen molar-refractivity contribution in [2.75, 3.05) is 24.4 Å². The zero-order valence-corrected chi connectivity index (χ0v) is 22.3. The number of amides is 1. The highest BCUT2D eigenvalue weighted by Gasteiger charge is 2.18. The van der Waals surface area contributed by atoms with Crippen molar-refractivity contribution >= 4 is 34.0 Å². The molecule has 1 amide bonds. The van der Waals surface area contributed by atoms with Gasteiger partial charge in [-0.1, -0.05) is 43.2 Å². The van der Waals surface area contributed by atoms with Crippen molar-refractivity contribution in [1.29, 1.82) is 0 Å². The molecule has 0 bridgehead atoms. The molecule has 3 aromatic carbocycles. The number of carbonyl (C=O) groups excluding carboxylic acids is 1. The van der Waals surface area contributed by atoms with Crippen LogP contribution in [0.5, 0.6) is 11.5 Å². The Morgan fingerprint density at radius 3 is 2.30 bits per heavy atom. The molecule has 7 nitrogen and oxygen atoms in total. The van der Waals surface area contributed by atoms with E-state index in [9.17, 15) is 13.2 Å². The van der Waals surface area contributed by atoms with Gasteiger partial charge in [-0.25, -0.2) is 8.42 Å². The number of carbonyl (C=O) groups is 1. The Bertz CT molecular complexity index is 1230. The first kappa shape index (κ1) is 28.5. The van der Waals surface area contributed by atoms with Gasteiger partial charge in [0.1, 0.15) is 5.75 Å².